The number of aliphatic hydroxyl groups excluding tert-OH is 1. The summed E-state index contributed by atoms with van der Waals surface area (Å²) >= 11 is 0. The predicted octanol–water partition coefficient (Wildman–Crippen LogP) is -0.150. The first kappa shape index (κ1) is 13.7. The molecule has 19 heavy (non-hydrogen) atoms. The smallest absolute Gasteiger partial charge is 0.163 e. The van der Waals surface area contributed by atoms with Gasteiger partial charge in [-0.2, -0.15) is 0 Å². The zero-order chi connectivity index (χ0) is 13.5. The van der Waals surface area contributed by atoms with Crippen molar-refractivity contribution in [3.8, 4) is 0 Å². The Labute approximate surface area is 113 Å². The van der Waals surface area contributed by atoms with E-state index in [2.05, 4.69) is 5.32 Å². The maximum atomic E-state index is 9.70. The van der Waals surface area contributed by atoms with Gasteiger partial charge < -0.3 is 29.4 Å². The number of ether oxygens (including phenoxy) is 4. The Morgan fingerprint density at radius 1 is 1.21 bits per heavy atom. The first-order valence-electron chi connectivity index (χ1n) is 7.02. The molecule has 0 unspecified atom stereocenters. The van der Waals surface area contributed by atoms with Crippen molar-refractivity contribution in [2.75, 3.05) is 26.4 Å². The van der Waals surface area contributed by atoms with Crippen molar-refractivity contribution >= 4 is 0 Å². The molecule has 2 N–H and O–H groups in total. The number of aliphatic hydroxyl groups is 1. The minimum absolute atomic E-state index is 0.00771. The molecule has 0 radical (unpaired) electrons. The molecule has 0 saturated carbocycles. The molecule has 3 saturated heterocycles. The van der Waals surface area contributed by atoms with E-state index in [1.165, 1.54) is 0 Å². The van der Waals surface area contributed by atoms with E-state index in [-0.39, 0.29) is 37.1 Å². The van der Waals surface area contributed by atoms with Gasteiger partial charge in [0, 0.05) is 31.5 Å². The summed E-state index contributed by atoms with van der Waals surface area (Å²) in [5.41, 5.74) is 0. The Morgan fingerprint density at radius 3 is 2.63 bits per heavy atom. The maximum Gasteiger partial charge on any atom is 0.163 e. The first-order chi connectivity index (χ1) is 9.09. The van der Waals surface area contributed by atoms with Crippen LogP contribution in [0.25, 0.3) is 0 Å². The van der Waals surface area contributed by atoms with Gasteiger partial charge >= 0.3 is 0 Å². The van der Waals surface area contributed by atoms with Crippen molar-refractivity contribution < 1.29 is 24.1 Å². The molecule has 3 heterocycles. The molecular weight excluding hydrogens is 250 g/mol. The van der Waals surface area contributed by atoms with Gasteiger partial charge in [-0.3, -0.25) is 0 Å². The minimum atomic E-state index is -0.570. The van der Waals surface area contributed by atoms with E-state index in [1.54, 1.807) is 0 Å². The molecule has 6 nitrogen and oxygen atoms in total. The maximum absolute atomic E-state index is 9.70. The number of nitrogens with one attached hydrogen (secondary N) is 1. The fraction of sp³-hybridized carbons (Fsp3) is 1.00. The third-order valence-electron chi connectivity index (χ3n) is 4.09. The number of piperidine rings is 1. The zero-order valence-electron chi connectivity index (χ0n) is 11.5. The Hall–Kier alpha value is -0.240. The lowest BCUT2D eigenvalue weighted by Gasteiger charge is -2.38. The molecule has 3 aliphatic rings. The summed E-state index contributed by atoms with van der Waals surface area (Å²) in [6.45, 7) is 5.95. The number of hydrogen-bond donors (Lipinski definition) is 2. The van der Waals surface area contributed by atoms with Gasteiger partial charge in [0.05, 0.1) is 19.3 Å². The van der Waals surface area contributed by atoms with Crippen LogP contribution >= 0.6 is 0 Å². The van der Waals surface area contributed by atoms with E-state index in [4.69, 9.17) is 18.9 Å². The van der Waals surface area contributed by atoms with Gasteiger partial charge in [-0.25, -0.2) is 0 Å². The van der Waals surface area contributed by atoms with E-state index in [0.29, 0.717) is 13.2 Å². The topological polar surface area (TPSA) is 69.2 Å². The second-order valence-corrected chi connectivity index (χ2v) is 5.91. The standard InChI is InChI=1S/C13H23NO5/c1-13(2)18-10-6-14-9(5-11-16-3-4-17-11)8(7-15)12(10)19-13/h8-12,14-15H,3-7H2,1-2H3/t8-,9-,10+,12+/m0/s1. The summed E-state index contributed by atoms with van der Waals surface area (Å²) in [7, 11) is 0. The van der Waals surface area contributed by atoms with Crippen LogP contribution < -0.4 is 5.32 Å². The van der Waals surface area contributed by atoms with E-state index in [1.807, 2.05) is 13.8 Å². The van der Waals surface area contributed by atoms with Crippen molar-refractivity contribution in [2.24, 2.45) is 5.92 Å². The summed E-state index contributed by atoms with van der Waals surface area (Å²) in [5, 5.41) is 13.1. The summed E-state index contributed by atoms with van der Waals surface area (Å²) in [5.74, 6) is -0.562. The molecule has 6 heteroatoms. The van der Waals surface area contributed by atoms with Gasteiger partial charge in [0.15, 0.2) is 12.1 Å². The Balaban J connectivity index is 1.66. The van der Waals surface area contributed by atoms with Crippen LogP contribution in [0, 0.1) is 5.92 Å². The van der Waals surface area contributed by atoms with Gasteiger partial charge in [0.1, 0.15) is 6.10 Å². The molecule has 3 rings (SSSR count). The molecule has 0 aliphatic carbocycles. The predicted molar refractivity (Wildman–Crippen MR) is 66.5 cm³/mol. The largest absolute Gasteiger partial charge is 0.396 e. The SMILES string of the molecule is CC1(C)O[C@@H]2[C@@H](CO)[C@H](CC3OCCO3)NC[C@H]2O1. The average molecular weight is 273 g/mol. The number of rotatable bonds is 3. The molecule has 0 bridgehead atoms. The molecule has 3 aliphatic heterocycles. The Bertz CT molecular complexity index is 318. The molecule has 3 fully saturated rings. The van der Waals surface area contributed by atoms with Crippen LogP contribution in [0.2, 0.25) is 0 Å². The molecule has 0 aromatic rings. The van der Waals surface area contributed by atoms with Crippen molar-refractivity contribution in [3.05, 3.63) is 0 Å². The fourth-order valence-corrected chi connectivity index (χ4v) is 3.27. The van der Waals surface area contributed by atoms with Crippen LogP contribution in [0.15, 0.2) is 0 Å². The molecule has 110 valence electrons. The molecule has 4 atom stereocenters. The lowest BCUT2D eigenvalue weighted by Crippen LogP contribution is -2.57. The van der Waals surface area contributed by atoms with Gasteiger partial charge in [-0.15, -0.1) is 0 Å². The third-order valence-corrected chi connectivity index (χ3v) is 4.09. The van der Waals surface area contributed by atoms with Crippen molar-refractivity contribution in [1.82, 2.24) is 5.32 Å². The van der Waals surface area contributed by atoms with Gasteiger partial charge in [0.2, 0.25) is 0 Å². The van der Waals surface area contributed by atoms with Gasteiger partial charge in [-0.05, 0) is 13.8 Å². The Morgan fingerprint density at radius 2 is 1.95 bits per heavy atom. The monoisotopic (exact) mass is 273 g/mol. The average Bonchev–Trinajstić information content (AvgIpc) is 2.94. The molecule has 0 aromatic carbocycles. The highest BCUT2D eigenvalue weighted by Crippen LogP contribution is 2.36. The molecular formula is C13H23NO5. The molecule has 0 amide bonds. The highest BCUT2D eigenvalue weighted by molar-refractivity contribution is 4.97. The van der Waals surface area contributed by atoms with Crippen LogP contribution in [0.5, 0.6) is 0 Å². The normalized spacial score (nSPS) is 42.5. The van der Waals surface area contributed by atoms with Crippen LogP contribution in [0.3, 0.4) is 0 Å². The van der Waals surface area contributed by atoms with E-state index < -0.39 is 5.79 Å². The quantitative estimate of drug-likeness (QED) is 0.745. The lowest BCUT2D eigenvalue weighted by atomic mass is 9.85. The van der Waals surface area contributed by atoms with Crippen molar-refractivity contribution in [1.29, 1.82) is 0 Å². The van der Waals surface area contributed by atoms with Crippen LogP contribution in [-0.4, -0.2) is 61.8 Å². The van der Waals surface area contributed by atoms with E-state index >= 15 is 0 Å². The van der Waals surface area contributed by atoms with Crippen molar-refractivity contribution in [2.45, 2.75) is 50.6 Å². The lowest BCUT2D eigenvalue weighted by molar-refractivity contribution is -0.150. The van der Waals surface area contributed by atoms with Crippen LogP contribution in [-0.2, 0) is 18.9 Å². The van der Waals surface area contributed by atoms with Crippen LogP contribution in [0.1, 0.15) is 20.3 Å². The molecule has 0 spiro atoms. The fourth-order valence-electron chi connectivity index (χ4n) is 3.27. The van der Waals surface area contributed by atoms with Crippen LogP contribution in [0.4, 0.5) is 0 Å². The summed E-state index contributed by atoms with van der Waals surface area (Å²) in [6.07, 6.45) is 0.512. The number of fused-ring (bicyclic) bond motifs is 1. The second-order valence-electron chi connectivity index (χ2n) is 5.91. The number of hydrogen-bond acceptors (Lipinski definition) is 6. The van der Waals surface area contributed by atoms with Gasteiger partial charge in [-0.1, -0.05) is 0 Å². The second kappa shape index (κ2) is 5.27. The first-order valence-corrected chi connectivity index (χ1v) is 7.02. The summed E-state index contributed by atoms with van der Waals surface area (Å²) in [6, 6.07) is 0.131. The highest BCUT2D eigenvalue weighted by atomic mass is 16.8. The van der Waals surface area contributed by atoms with E-state index in [9.17, 15) is 5.11 Å². The summed E-state index contributed by atoms with van der Waals surface area (Å²) < 4.78 is 22.8. The van der Waals surface area contributed by atoms with Crippen molar-refractivity contribution in [3.63, 3.8) is 0 Å². The molecule has 0 aromatic heterocycles. The highest BCUT2D eigenvalue weighted by Gasteiger charge is 2.50. The zero-order valence-corrected chi connectivity index (χ0v) is 11.5. The van der Waals surface area contributed by atoms with E-state index in [0.717, 1.165) is 13.0 Å². The Kier molecular flexibility index (Phi) is 3.81. The summed E-state index contributed by atoms with van der Waals surface area (Å²) in [4.78, 5) is 0. The van der Waals surface area contributed by atoms with Gasteiger partial charge in [0.25, 0.3) is 0 Å². The third kappa shape index (κ3) is 2.79. The minimum Gasteiger partial charge on any atom is -0.396 e.